The summed E-state index contributed by atoms with van der Waals surface area (Å²) in [6, 6.07) is 6.70. The van der Waals surface area contributed by atoms with Gasteiger partial charge in [-0.1, -0.05) is 28.1 Å². The number of rotatable bonds is 2. The fraction of sp³-hybridized carbons (Fsp3) is 0.385. The molecule has 1 aromatic rings. The molecule has 1 aliphatic heterocycles. The van der Waals surface area contributed by atoms with Gasteiger partial charge in [-0.05, 0) is 17.7 Å². The second-order valence-corrected chi connectivity index (χ2v) is 5.73. The van der Waals surface area contributed by atoms with Crippen molar-refractivity contribution in [3.63, 3.8) is 0 Å². The van der Waals surface area contributed by atoms with Crippen LogP contribution in [0.1, 0.15) is 11.5 Å². The van der Waals surface area contributed by atoms with E-state index in [0.29, 0.717) is 14.9 Å². The van der Waals surface area contributed by atoms with Crippen molar-refractivity contribution >= 4 is 27.8 Å². The lowest BCUT2D eigenvalue weighted by Gasteiger charge is -2.18. The van der Waals surface area contributed by atoms with Crippen molar-refractivity contribution in [1.82, 2.24) is 4.90 Å². The Labute approximate surface area is 126 Å². The Morgan fingerprint density at radius 1 is 1.29 bits per heavy atom. The average molecular weight is 366 g/mol. The number of carboxylic acid groups (broad SMARTS) is 1. The molecule has 1 amide bonds. The van der Waals surface area contributed by atoms with E-state index in [2.05, 4.69) is 15.9 Å². The molecule has 114 valence electrons. The predicted octanol–water partition coefficient (Wildman–Crippen LogP) is 2.64. The Hall–Kier alpha value is -1.57. The van der Waals surface area contributed by atoms with Crippen LogP contribution in [0.3, 0.4) is 0 Å². The Bertz CT molecular complexity index is 576. The number of nitrogens with zero attached hydrogens (tertiary/aromatic N) is 1. The summed E-state index contributed by atoms with van der Waals surface area (Å²) >= 11 is 3.23. The van der Waals surface area contributed by atoms with Crippen LogP contribution in [0.5, 0.6) is 0 Å². The molecule has 1 aromatic carbocycles. The highest BCUT2D eigenvalue weighted by atomic mass is 79.9. The zero-order chi connectivity index (χ0) is 15.8. The Balaban J connectivity index is 2.28. The fourth-order valence-corrected chi connectivity index (χ4v) is 2.89. The van der Waals surface area contributed by atoms with E-state index < -0.39 is 36.4 Å². The highest BCUT2D eigenvalue weighted by molar-refractivity contribution is 9.10. The number of likely N-dealkylation sites (tertiary alicyclic amines) is 1. The number of aliphatic carboxylic acids is 1. The molecule has 0 spiro atoms. The van der Waals surface area contributed by atoms with Crippen LogP contribution in [-0.4, -0.2) is 41.1 Å². The minimum absolute atomic E-state index is 0.258. The molecule has 0 aliphatic carbocycles. The number of alkyl halides is 3. The highest BCUT2D eigenvalue weighted by Crippen LogP contribution is 2.35. The zero-order valence-corrected chi connectivity index (χ0v) is 12.2. The zero-order valence-electron chi connectivity index (χ0n) is 10.6. The molecule has 1 aliphatic rings. The van der Waals surface area contributed by atoms with Gasteiger partial charge in [0.1, 0.15) is 0 Å². The number of halogens is 4. The van der Waals surface area contributed by atoms with Gasteiger partial charge in [-0.25, -0.2) is 0 Å². The summed E-state index contributed by atoms with van der Waals surface area (Å²) < 4.78 is 38.1. The number of hydrogen-bond donors (Lipinski definition) is 1. The lowest BCUT2D eigenvalue weighted by Crippen LogP contribution is -2.40. The molecule has 1 fully saturated rings. The van der Waals surface area contributed by atoms with Crippen LogP contribution in [0.25, 0.3) is 0 Å². The predicted molar refractivity (Wildman–Crippen MR) is 70.6 cm³/mol. The third-order valence-electron chi connectivity index (χ3n) is 3.44. The highest BCUT2D eigenvalue weighted by Gasteiger charge is 2.48. The number of hydrogen-bond acceptors (Lipinski definition) is 2. The monoisotopic (exact) mass is 365 g/mol. The smallest absolute Gasteiger partial charge is 0.471 e. The van der Waals surface area contributed by atoms with Gasteiger partial charge in [-0.2, -0.15) is 13.2 Å². The molecule has 4 nitrogen and oxygen atoms in total. The van der Waals surface area contributed by atoms with E-state index in [1.165, 1.54) is 0 Å². The first-order valence-electron chi connectivity index (χ1n) is 6.04. The maximum Gasteiger partial charge on any atom is 0.471 e. The van der Waals surface area contributed by atoms with E-state index in [9.17, 15) is 27.9 Å². The largest absolute Gasteiger partial charge is 0.481 e. The molecule has 1 saturated heterocycles. The third-order valence-corrected chi connectivity index (χ3v) is 3.94. The van der Waals surface area contributed by atoms with Crippen LogP contribution in [0.2, 0.25) is 0 Å². The molecule has 1 heterocycles. The van der Waals surface area contributed by atoms with Crippen molar-refractivity contribution in [2.24, 2.45) is 5.92 Å². The fourth-order valence-electron chi connectivity index (χ4n) is 2.47. The quantitative estimate of drug-likeness (QED) is 0.876. The summed E-state index contributed by atoms with van der Waals surface area (Å²) in [4.78, 5) is 23.1. The number of amides is 1. The SMILES string of the molecule is O=C(O)[C@@H]1CN(C(=O)C(F)(F)F)C[C@H]1c1cccc(Br)c1. The van der Waals surface area contributed by atoms with Crippen molar-refractivity contribution in [2.45, 2.75) is 12.1 Å². The summed E-state index contributed by atoms with van der Waals surface area (Å²) in [7, 11) is 0. The Morgan fingerprint density at radius 2 is 1.95 bits per heavy atom. The van der Waals surface area contributed by atoms with E-state index in [0.717, 1.165) is 0 Å². The Kier molecular flexibility index (Phi) is 4.27. The van der Waals surface area contributed by atoms with Gasteiger partial charge in [0.2, 0.25) is 0 Å². The molecular formula is C13H11BrF3NO3. The lowest BCUT2D eigenvalue weighted by molar-refractivity contribution is -0.184. The molecule has 21 heavy (non-hydrogen) atoms. The molecule has 0 unspecified atom stereocenters. The molecule has 1 N–H and O–H groups in total. The number of carboxylic acids is 1. The first-order chi connectivity index (χ1) is 9.70. The van der Waals surface area contributed by atoms with Gasteiger partial charge in [-0.3, -0.25) is 9.59 Å². The van der Waals surface area contributed by atoms with Gasteiger partial charge < -0.3 is 10.0 Å². The summed E-state index contributed by atoms with van der Waals surface area (Å²) in [5, 5.41) is 9.19. The second kappa shape index (κ2) is 5.67. The van der Waals surface area contributed by atoms with E-state index in [1.54, 1.807) is 24.3 Å². The van der Waals surface area contributed by atoms with Crippen molar-refractivity contribution in [3.05, 3.63) is 34.3 Å². The molecule has 0 aromatic heterocycles. The standard InChI is InChI=1S/C13H11BrF3NO3/c14-8-3-1-2-7(4-8)9-5-18(6-10(9)11(19)20)12(21)13(15,16)17/h1-4,9-10H,5-6H2,(H,19,20)/t9-,10+/m0/s1. The minimum Gasteiger partial charge on any atom is -0.481 e. The maximum atomic E-state index is 12.5. The van der Waals surface area contributed by atoms with Crippen LogP contribution in [0.4, 0.5) is 13.2 Å². The number of carbonyl (C=O) groups excluding carboxylic acids is 1. The topological polar surface area (TPSA) is 57.6 Å². The van der Waals surface area contributed by atoms with Crippen molar-refractivity contribution in [1.29, 1.82) is 0 Å². The molecule has 2 atom stereocenters. The molecule has 0 saturated carbocycles. The first-order valence-corrected chi connectivity index (χ1v) is 6.84. The molecule has 0 radical (unpaired) electrons. The van der Waals surface area contributed by atoms with E-state index in [4.69, 9.17) is 0 Å². The summed E-state index contributed by atoms with van der Waals surface area (Å²) in [5.41, 5.74) is 0.592. The summed E-state index contributed by atoms with van der Waals surface area (Å²) in [6.45, 7) is -0.698. The maximum absolute atomic E-state index is 12.5. The van der Waals surface area contributed by atoms with E-state index in [1.807, 2.05) is 0 Å². The van der Waals surface area contributed by atoms with Crippen molar-refractivity contribution in [2.75, 3.05) is 13.1 Å². The number of benzene rings is 1. The first kappa shape index (κ1) is 15.8. The van der Waals surface area contributed by atoms with Gasteiger partial charge >= 0.3 is 18.1 Å². The van der Waals surface area contributed by atoms with Gasteiger partial charge in [0.15, 0.2) is 0 Å². The summed E-state index contributed by atoms with van der Waals surface area (Å²) in [5.74, 6) is -4.92. The lowest BCUT2D eigenvalue weighted by atomic mass is 9.89. The van der Waals surface area contributed by atoms with Crippen molar-refractivity contribution < 1.29 is 27.9 Å². The third kappa shape index (κ3) is 3.37. The van der Waals surface area contributed by atoms with Crippen LogP contribution >= 0.6 is 15.9 Å². The van der Waals surface area contributed by atoms with Gasteiger partial charge in [-0.15, -0.1) is 0 Å². The molecule has 8 heteroatoms. The Morgan fingerprint density at radius 3 is 2.48 bits per heavy atom. The van der Waals surface area contributed by atoms with E-state index in [-0.39, 0.29) is 6.54 Å². The van der Waals surface area contributed by atoms with Crippen molar-refractivity contribution in [3.8, 4) is 0 Å². The average Bonchev–Trinajstić information content (AvgIpc) is 2.81. The molecule has 0 bridgehead atoms. The van der Waals surface area contributed by atoms with Gasteiger partial charge in [0, 0.05) is 23.5 Å². The van der Waals surface area contributed by atoms with E-state index >= 15 is 0 Å². The summed E-state index contributed by atoms with van der Waals surface area (Å²) in [6.07, 6.45) is -4.99. The second-order valence-electron chi connectivity index (χ2n) is 4.81. The molecular weight excluding hydrogens is 355 g/mol. The molecule has 2 rings (SSSR count). The van der Waals surface area contributed by atoms with Gasteiger partial charge in [0.25, 0.3) is 0 Å². The number of carbonyl (C=O) groups is 2. The normalized spacial score (nSPS) is 22.4. The minimum atomic E-state index is -4.99. The van der Waals surface area contributed by atoms with Crippen LogP contribution in [-0.2, 0) is 9.59 Å². The van der Waals surface area contributed by atoms with Gasteiger partial charge in [0.05, 0.1) is 5.92 Å². The van der Waals surface area contributed by atoms with Crippen LogP contribution < -0.4 is 0 Å². The van der Waals surface area contributed by atoms with Crippen LogP contribution in [0.15, 0.2) is 28.7 Å². The van der Waals surface area contributed by atoms with Crippen LogP contribution in [0, 0.1) is 5.92 Å².